The molecule has 112 valence electrons. The summed E-state index contributed by atoms with van der Waals surface area (Å²) in [5.41, 5.74) is 8.08. The van der Waals surface area contributed by atoms with Crippen molar-refractivity contribution in [2.45, 2.75) is 38.1 Å². The molecule has 1 aliphatic carbocycles. The lowest BCUT2D eigenvalue weighted by Gasteiger charge is -2.35. The van der Waals surface area contributed by atoms with E-state index in [0.29, 0.717) is 5.92 Å². The Morgan fingerprint density at radius 3 is 3.00 bits per heavy atom. The van der Waals surface area contributed by atoms with E-state index >= 15 is 0 Å². The zero-order valence-corrected chi connectivity index (χ0v) is 14.3. The third kappa shape index (κ3) is 3.05. The van der Waals surface area contributed by atoms with Crippen LogP contribution < -0.4 is 5.73 Å². The van der Waals surface area contributed by atoms with Crippen LogP contribution in [0.5, 0.6) is 0 Å². The average molecular weight is 369 g/mol. The molecule has 2 N–H and O–H groups in total. The molecule has 1 fully saturated rings. The molecule has 0 amide bonds. The Labute approximate surface area is 136 Å². The summed E-state index contributed by atoms with van der Waals surface area (Å²) in [7, 11) is 0. The predicted molar refractivity (Wildman–Crippen MR) is 88.7 cm³/mol. The van der Waals surface area contributed by atoms with Crippen LogP contribution in [-0.2, 0) is 5.54 Å². The third-order valence-electron chi connectivity index (χ3n) is 4.17. The van der Waals surface area contributed by atoms with Crippen LogP contribution >= 0.6 is 27.3 Å². The fraction of sp³-hybridized carbons (Fsp3) is 0.438. The summed E-state index contributed by atoms with van der Waals surface area (Å²) < 4.78 is 13.9. The molecule has 1 aromatic heterocycles. The van der Waals surface area contributed by atoms with Gasteiger partial charge in [0, 0.05) is 15.4 Å². The summed E-state index contributed by atoms with van der Waals surface area (Å²) in [4.78, 5) is 4.74. The van der Waals surface area contributed by atoms with Gasteiger partial charge < -0.3 is 5.73 Å². The van der Waals surface area contributed by atoms with Crippen LogP contribution in [-0.4, -0.2) is 4.98 Å². The number of hydrogen-bond acceptors (Lipinski definition) is 3. The largest absolute Gasteiger partial charge is 0.319 e. The van der Waals surface area contributed by atoms with Crippen LogP contribution in [0.3, 0.4) is 0 Å². The highest BCUT2D eigenvalue weighted by Crippen LogP contribution is 2.40. The molecule has 0 spiro atoms. The zero-order valence-electron chi connectivity index (χ0n) is 11.9. The maximum Gasteiger partial charge on any atom is 0.124 e. The van der Waals surface area contributed by atoms with Gasteiger partial charge in [0.1, 0.15) is 10.8 Å². The van der Waals surface area contributed by atoms with Crippen molar-refractivity contribution in [1.29, 1.82) is 0 Å². The van der Waals surface area contributed by atoms with Gasteiger partial charge in [0.15, 0.2) is 0 Å². The van der Waals surface area contributed by atoms with Gasteiger partial charge in [-0.05, 0) is 52.9 Å². The quantitative estimate of drug-likeness (QED) is 0.802. The van der Waals surface area contributed by atoms with Gasteiger partial charge in [0.2, 0.25) is 0 Å². The molecule has 0 aliphatic heterocycles. The molecule has 2 unspecified atom stereocenters. The van der Waals surface area contributed by atoms with Gasteiger partial charge in [-0.2, -0.15) is 0 Å². The Morgan fingerprint density at radius 1 is 1.48 bits per heavy atom. The van der Waals surface area contributed by atoms with Gasteiger partial charge in [0.05, 0.1) is 11.2 Å². The van der Waals surface area contributed by atoms with Crippen molar-refractivity contribution in [2.24, 2.45) is 11.7 Å². The van der Waals surface area contributed by atoms with Gasteiger partial charge in [-0.3, -0.25) is 0 Å². The van der Waals surface area contributed by atoms with Crippen molar-refractivity contribution in [2.75, 3.05) is 0 Å². The first-order valence-electron chi connectivity index (χ1n) is 7.18. The minimum Gasteiger partial charge on any atom is -0.319 e. The van der Waals surface area contributed by atoms with Crippen LogP contribution in [0.1, 0.15) is 37.6 Å². The van der Waals surface area contributed by atoms with Crippen LogP contribution in [0, 0.1) is 11.7 Å². The molecule has 2 aromatic rings. The van der Waals surface area contributed by atoms with Crippen molar-refractivity contribution in [1.82, 2.24) is 4.98 Å². The number of thiazole rings is 1. The Bertz CT molecular complexity index is 657. The molecule has 2 nitrogen and oxygen atoms in total. The molecule has 5 heteroatoms. The number of benzene rings is 1. The van der Waals surface area contributed by atoms with E-state index in [1.54, 1.807) is 17.4 Å². The maximum absolute atomic E-state index is 13.2. The number of halogens is 2. The van der Waals surface area contributed by atoms with E-state index in [-0.39, 0.29) is 11.4 Å². The highest BCUT2D eigenvalue weighted by atomic mass is 79.9. The van der Waals surface area contributed by atoms with Gasteiger partial charge in [-0.1, -0.05) is 19.8 Å². The van der Waals surface area contributed by atoms with Gasteiger partial charge in [-0.15, -0.1) is 11.3 Å². The molecule has 0 radical (unpaired) electrons. The van der Waals surface area contributed by atoms with Crippen LogP contribution in [0.25, 0.3) is 11.3 Å². The van der Waals surface area contributed by atoms with Crippen LogP contribution in [0.4, 0.5) is 4.39 Å². The summed E-state index contributed by atoms with van der Waals surface area (Å²) in [6.07, 6.45) is 4.40. The Kier molecular flexibility index (Phi) is 4.17. The summed E-state index contributed by atoms with van der Waals surface area (Å²) in [6.45, 7) is 2.26. The van der Waals surface area contributed by atoms with Gasteiger partial charge in [0.25, 0.3) is 0 Å². The second-order valence-electron chi connectivity index (χ2n) is 6.02. The van der Waals surface area contributed by atoms with Crippen LogP contribution in [0.15, 0.2) is 28.1 Å². The molecule has 1 saturated carbocycles. The third-order valence-corrected chi connectivity index (χ3v) is 5.89. The molecular formula is C16H18BrFN2S. The smallest absolute Gasteiger partial charge is 0.124 e. The first-order valence-corrected chi connectivity index (χ1v) is 8.85. The molecule has 0 bridgehead atoms. The second kappa shape index (κ2) is 5.78. The van der Waals surface area contributed by atoms with Crippen molar-refractivity contribution >= 4 is 27.3 Å². The number of hydrogen-bond donors (Lipinski definition) is 1. The summed E-state index contributed by atoms with van der Waals surface area (Å²) >= 11 is 5.02. The minimum absolute atomic E-state index is 0.252. The summed E-state index contributed by atoms with van der Waals surface area (Å²) in [6, 6.07) is 4.68. The van der Waals surface area contributed by atoms with E-state index in [0.717, 1.165) is 40.0 Å². The molecule has 1 heterocycles. The fourth-order valence-corrected chi connectivity index (χ4v) is 4.64. The molecule has 3 rings (SSSR count). The number of nitrogens with zero attached hydrogens (tertiary/aromatic N) is 1. The van der Waals surface area contributed by atoms with Gasteiger partial charge in [-0.25, -0.2) is 9.37 Å². The van der Waals surface area contributed by atoms with Crippen LogP contribution in [0.2, 0.25) is 0 Å². The number of nitrogens with two attached hydrogens (primary N) is 1. The molecule has 1 aliphatic rings. The van der Waals surface area contributed by atoms with Crippen molar-refractivity contribution in [3.8, 4) is 11.3 Å². The highest BCUT2D eigenvalue weighted by molar-refractivity contribution is 9.10. The van der Waals surface area contributed by atoms with E-state index in [2.05, 4.69) is 22.9 Å². The topological polar surface area (TPSA) is 38.9 Å². The molecule has 0 saturated heterocycles. The normalized spacial score (nSPS) is 26.0. The van der Waals surface area contributed by atoms with Gasteiger partial charge >= 0.3 is 0 Å². The van der Waals surface area contributed by atoms with E-state index < -0.39 is 0 Å². The van der Waals surface area contributed by atoms with E-state index in [1.807, 2.05) is 5.38 Å². The Balaban J connectivity index is 1.92. The lowest BCUT2D eigenvalue weighted by molar-refractivity contribution is 0.238. The molecular weight excluding hydrogens is 351 g/mol. The number of aromatic nitrogens is 1. The van der Waals surface area contributed by atoms with E-state index in [1.165, 1.54) is 18.6 Å². The standard InChI is InChI=1S/C16H18BrFN2S/c1-10-3-2-6-16(19,8-10)15-20-14(9-21-15)12-5-4-11(18)7-13(12)17/h4-5,7,9-10H,2-3,6,8,19H2,1H3. The zero-order chi connectivity index (χ0) is 15.0. The Hall–Kier alpha value is -0.780. The van der Waals surface area contributed by atoms with E-state index in [9.17, 15) is 4.39 Å². The van der Waals surface area contributed by atoms with Crippen molar-refractivity contribution in [3.05, 3.63) is 38.9 Å². The lowest BCUT2D eigenvalue weighted by Crippen LogP contribution is -2.40. The SMILES string of the molecule is CC1CCCC(N)(c2nc(-c3ccc(F)cc3Br)cs2)C1. The number of rotatable bonds is 2. The predicted octanol–water partition coefficient (Wildman–Crippen LogP) is 5.08. The second-order valence-corrected chi connectivity index (χ2v) is 7.73. The monoisotopic (exact) mass is 368 g/mol. The minimum atomic E-state index is -0.299. The highest BCUT2D eigenvalue weighted by Gasteiger charge is 2.35. The average Bonchev–Trinajstić information content (AvgIpc) is 2.88. The summed E-state index contributed by atoms with van der Waals surface area (Å²) in [5.74, 6) is 0.395. The first kappa shape index (κ1) is 15.1. The maximum atomic E-state index is 13.2. The van der Waals surface area contributed by atoms with Crippen molar-refractivity contribution < 1.29 is 4.39 Å². The Morgan fingerprint density at radius 2 is 2.29 bits per heavy atom. The molecule has 2 atom stereocenters. The summed E-state index contributed by atoms with van der Waals surface area (Å²) in [5, 5.41) is 3.02. The molecule has 1 aromatic carbocycles. The van der Waals surface area contributed by atoms with Crippen molar-refractivity contribution in [3.63, 3.8) is 0 Å². The first-order chi connectivity index (χ1) is 9.98. The lowest BCUT2D eigenvalue weighted by atomic mass is 9.77. The molecule has 21 heavy (non-hydrogen) atoms. The van der Waals surface area contributed by atoms with E-state index in [4.69, 9.17) is 10.7 Å². The fourth-order valence-electron chi connectivity index (χ4n) is 3.11.